The van der Waals surface area contributed by atoms with Crippen molar-refractivity contribution in [3.05, 3.63) is 42.4 Å². The van der Waals surface area contributed by atoms with Gasteiger partial charge in [0.2, 0.25) is 0 Å². The first-order valence-electron chi connectivity index (χ1n) is 24.4. The van der Waals surface area contributed by atoms with Gasteiger partial charge >= 0.3 is 5.97 Å². The molecule has 0 radical (unpaired) electrons. The van der Waals surface area contributed by atoms with Gasteiger partial charge < -0.3 is 68.9 Å². The third-order valence-electron chi connectivity index (χ3n) is 14.8. The first-order chi connectivity index (χ1) is 32.1. The molecule has 0 aliphatic carbocycles. The third-order valence-corrected chi connectivity index (χ3v) is 14.8. The highest BCUT2D eigenvalue weighted by Crippen LogP contribution is 2.41. The minimum absolute atomic E-state index is 0.0820. The highest BCUT2D eigenvalue weighted by Gasteiger charge is 2.53. The van der Waals surface area contributed by atoms with Crippen LogP contribution in [0.2, 0.25) is 0 Å². The number of ether oxygens (including phenoxy) is 8. The van der Waals surface area contributed by atoms with Crippen LogP contribution in [-0.2, 0) is 54.1 Å². The maximum absolute atomic E-state index is 14.8. The zero-order chi connectivity index (χ0) is 49.7. The highest BCUT2D eigenvalue weighted by molar-refractivity contribution is 5.86. The standard InChI is InChI=1S/C49H81N7O12/c1-14-37-49(10,59)43-28(2)23-51-29(3)21-48(9,62-27-35(26-61-43)54-63-25-34-16-17-38(52-24-34)56-19-15-18-53-56)44(68-46-40(57)36(55(11)12)20-30(4)64-46)31(5)41(32(6)45(58)66-37)67-39-22-47(8,60-13)42(50)33(7)65-39/h15-19,24,28-33,36-37,39-44,46,51,57,59H,14,20-23,25-27,50H2,1-13H3/b54-35+/t28-,29+,30+,31-,32+,33-,36-,37+,39-,40+,41-,42+,43-,44+,46-,47+,48+,49+/m0/s1. The number of nitrogens with two attached hydrogens (primary N) is 1. The van der Waals surface area contributed by atoms with Crippen molar-refractivity contribution in [3.8, 4) is 5.82 Å². The molecule has 7 heterocycles. The number of esters is 1. The van der Waals surface area contributed by atoms with Crippen molar-refractivity contribution in [1.29, 1.82) is 0 Å². The molecule has 5 fully saturated rings. The van der Waals surface area contributed by atoms with Crippen molar-refractivity contribution >= 4 is 11.7 Å². The number of carbonyl (C=O) groups is 1. The SMILES string of the molecule is CC[C@H]1OC(=O)[C@H](C)[C@@H](O[C@H]2C[C@@](C)(OC)[C@H](N)[C@H](C)O2)[C@H](C)[C@@H](O[C@@H]2O[C@H](C)C[C@H](N(C)C)[C@H]2O)[C@@]2(C)C[C@@H](C)NC[C@H](C)[C@H](OC/C(=N\OCc3ccc(-n4cccn4)nc3)CO2)[C@]1(C)O. The van der Waals surface area contributed by atoms with Crippen LogP contribution in [0.3, 0.4) is 0 Å². The molecule has 7 rings (SSSR count). The summed E-state index contributed by atoms with van der Waals surface area (Å²) < 4.78 is 55.0. The number of nitrogens with zero attached hydrogens (tertiary/aromatic N) is 5. The van der Waals surface area contributed by atoms with Crippen LogP contribution in [0.25, 0.3) is 5.82 Å². The fourth-order valence-electron chi connectivity index (χ4n) is 10.6. The summed E-state index contributed by atoms with van der Waals surface area (Å²) in [5.74, 6) is -1.86. The molecule has 18 atom stereocenters. The Bertz CT molecular complexity index is 1930. The zero-order valence-electron chi connectivity index (χ0n) is 42.6. The molecule has 19 nitrogen and oxygen atoms in total. The van der Waals surface area contributed by atoms with Crippen LogP contribution in [0.4, 0.5) is 0 Å². The van der Waals surface area contributed by atoms with Crippen molar-refractivity contribution in [2.45, 2.75) is 192 Å². The van der Waals surface area contributed by atoms with E-state index in [4.69, 9.17) is 48.5 Å². The van der Waals surface area contributed by atoms with E-state index in [2.05, 4.69) is 27.5 Å². The third kappa shape index (κ3) is 12.5. The van der Waals surface area contributed by atoms with Crippen LogP contribution < -0.4 is 11.1 Å². The molecule has 384 valence electrons. The number of aliphatic hydroxyl groups is 2. The second-order valence-corrected chi connectivity index (χ2v) is 20.7. The molecule has 2 aromatic rings. The molecular weight excluding hydrogens is 879 g/mol. The van der Waals surface area contributed by atoms with Gasteiger partial charge in [-0.25, -0.2) is 9.67 Å². The number of rotatable bonds is 11. The molecule has 5 N–H and O–H groups in total. The van der Waals surface area contributed by atoms with Crippen LogP contribution in [0, 0.1) is 17.8 Å². The Hall–Kier alpha value is -3.18. The summed E-state index contributed by atoms with van der Waals surface area (Å²) in [7, 11) is 5.46. The van der Waals surface area contributed by atoms with E-state index in [1.165, 1.54) is 0 Å². The smallest absolute Gasteiger partial charge is 0.311 e. The number of carbonyl (C=O) groups excluding carboxylic acids is 1. The van der Waals surface area contributed by atoms with Crippen molar-refractivity contribution in [1.82, 2.24) is 25.0 Å². The van der Waals surface area contributed by atoms with Gasteiger partial charge in [-0.2, -0.15) is 5.10 Å². The van der Waals surface area contributed by atoms with Gasteiger partial charge in [0, 0.05) is 62.2 Å². The predicted octanol–water partition coefficient (Wildman–Crippen LogP) is 3.74. The Morgan fingerprint density at radius 3 is 2.46 bits per heavy atom. The number of pyridine rings is 1. The van der Waals surface area contributed by atoms with Gasteiger partial charge in [-0.15, -0.1) is 0 Å². The number of hydrogen-bond acceptors (Lipinski definition) is 18. The minimum atomic E-state index is -1.68. The lowest BCUT2D eigenvalue weighted by atomic mass is 9.78. The summed E-state index contributed by atoms with van der Waals surface area (Å²) >= 11 is 0. The molecule has 0 spiro atoms. The monoisotopic (exact) mass is 960 g/mol. The van der Waals surface area contributed by atoms with Gasteiger partial charge in [-0.1, -0.05) is 32.0 Å². The fraction of sp³-hybridized carbons (Fsp3) is 0.796. The summed E-state index contributed by atoms with van der Waals surface area (Å²) in [6.45, 7) is 19.4. The van der Waals surface area contributed by atoms with Crippen molar-refractivity contribution in [2.75, 3.05) is 41.0 Å². The fourth-order valence-corrected chi connectivity index (χ4v) is 10.6. The maximum Gasteiger partial charge on any atom is 0.311 e. The first kappa shape index (κ1) is 54.2. The highest BCUT2D eigenvalue weighted by atomic mass is 16.7. The topological polar surface area (TPSA) is 225 Å². The minimum Gasteiger partial charge on any atom is -0.459 e. The van der Waals surface area contributed by atoms with Crippen molar-refractivity contribution in [3.63, 3.8) is 0 Å². The van der Waals surface area contributed by atoms with Crippen LogP contribution in [-0.4, -0.2) is 173 Å². The van der Waals surface area contributed by atoms with Crippen LogP contribution in [0.5, 0.6) is 0 Å². The van der Waals surface area contributed by atoms with E-state index in [0.717, 1.165) is 5.56 Å². The van der Waals surface area contributed by atoms with Gasteiger partial charge in [0.1, 0.15) is 30.1 Å². The van der Waals surface area contributed by atoms with E-state index in [9.17, 15) is 15.0 Å². The summed E-state index contributed by atoms with van der Waals surface area (Å²) in [5, 5.41) is 37.2. The predicted molar refractivity (Wildman–Crippen MR) is 253 cm³/mol. The molecule has 0 aromatic carbocycles. The Labute approximate surface area is 403 Å². The average Bonchev–Trinajstić information content (AvgIpc) is 3.84. The largest absolute Gasteiger partial charge is 0.459 e. The first-order valence-corrected chi connectivity index (χ1v) is 24.4. The Morgan fingerprint density at radius 1 is 1.06 bits per heavy atom. The van der Waals surface area contributed by atoms with Gasteiger partial charge in [-0.3, -0.25) is 4.79 Å². The quantitative estimate of drug-likeness (QED) is 0.186. The lowest BCUT2D eigenvalue weighted by Crippen LogP contribution is -2.62. The molecule has 5 saturated heterocycles. The van der Waals surface area contributed by atoms with Crippen LogP contribution in [0.1, 0.15) is 100 Å². The second-order valence-electron chi connectivity index (χ2n) is 20.7. The molecular formula is C49H81N7O12. The lowest BCUT2D eigenvalue weighted by Gasteiger charge is -2.50. The van der Waals surface area contributed by atoms with Crippen molar-refractivity contribution < 1.29 is 57.7 Å². The Kier molecular flexibility index (Phi) is 18.3. The molecule has 19 heteroatoms. The molecule has 2 aromatic heterocycles. The van der Waals surface area contributed by atoms with E-state index in [1.807, 2.05) is 91.9 Å². The molecule has 0 amide bonds. The maximum atomic E-state index is 14.8. The second kappa shape index (κ2) is 22.9. The Balaban J connectivity index is 1.46. The van der Waals surface area contributed by atoms with E-state index < -0.39 is 89.9 Å². The summed E-state index contributed by atoms with van der Waals surface area (Å²) in [6.07, 6.45) is -0.724. The molecule has 2 bridgehead atoms. The van der Waals surface area contributed by atoms with Crippen LogP contribution in [0.15, 0.2) is 41.9 Å². The number of aliphatic hydroxyl groups excluding tert-OH is 1. The molecule has 0 unspecified atom stereocenters. The number of methoxy groups -OCH3 is 1. The molecule has 5 aliphatic rings. The number of fused-ring (bicyclic) bond motifs is 15. The van der Waals surface area contributed by atoms with E-state index in [1.54, 1.807) is 38.0 Å². The number of likely N-dealkylation sites (N-methyl/N-ethyl adjacent to an activating group) is 1. The van der Waals surface area contributed by atoms with Gasteiger partial charge in [-0.05, 0) is 99.9 Å². The van der Waals surface area contributed by atoms with Gasteiger partial charge in [0.25, 0.3) is 0 Å². The zero-order valence-corrected chi connectivity index (χ0v) is 42.6. The number of aromatic nitrogens is 3. The number of oxime groups is 1. The van der Waals surface area contributed by atoms with Crippen molar-refractivity contribution in [2.24, 2.45) is 28.6 Å². The number of nitrogens with one attached hydrogen (secondary N) is 1. The summed E-state index contributed by atoms with van der Waals surface area (Å²) in [6, 6.07) is 4.63. The molecule has 0 saturated carbocycles. The Morgan fingerprint density at radius 2 is 1.81 bits per heavy atom. The number of hydrogen-bond donors (Lipinski definition) is 4. The van der Waals surface area contributed by atoms with E-state index >= 15 is 0 Å². The van der Waals surface area contributed by atoms with Gasteiger partial charge in [0.15, 0.2) is 18.4 Å². The average molecular weight is 960 g/mol. The lowest BCUT2D eigenvalue weighted by molar-refractivity contribution is -0.313. The van der Waals surface area contributed by atoms with Gasteiger partial charge in [0.05, 0.1) is 66.9 Å². The van der Waals surface area contributed by atoms with E-state index in [-0.39, 0.29) is 56.8 Å². The summed E-state index contributed by atoms with van der Waals surface area (Å²) in [4.78, 5) is 27.3. The van der Waals surface area contributed by atoms with E-state index in [0.29, 0.717) is 30.9 Å². The molecule has 5 aliphatic heterocycles. The molecule has 68 heavy (non-hydrogen) atoms. The van der Waals surface area contributed by atoms with Crippen LogP contribution >= 0.6 is 0 Å². The normalized spacial score (nSPS) is 42.1. The summed E-state index contributed by atoms with van der Waals surface area (Å²) in [5.41, 5.74) is 4.10.